The predicted octanol–water partition coefficient (Wildman–Crippen LogP) is 4.01. The Hall–Kier alpha value is -4.73. The maximum Gasteiger partial charge on any atom is 0.305 e. The number of amides is 2. The van der Waals surface area contributed by atoms with E-state index >= 15 is 0 Å². The molecule has 4 rings (SSSR count). The SMILES string of the molecule is O=C(O)CC(NC(=O)CNC(=O)CCCNc1nc2ccccc2[nH]1)c1ccc(-c2cccc(F)c2)cc1. The van der Waals surface area contributed by atoms with Crippen LogP contribution in [0.2, 0.25) is 0 Å². The minimum absolute atomic E-state index is 0.209. The highest BCUT2D eigenvalue weighted by Crippen LogP contribution is 2.24. The molecular weight excluding hydrogens is 489 g/mol. The number of benzene rings is 3. The Labute approximate surface area is 218 Å². The van der Waals surface area contributed by atoms with Gasteiger partial charge in [-0.05, 0) is 47.4 Å². The molecule has 0 spiro atoms. The second kappa shape index (κ2) is 12.5. The van der Waals surface area contributed by atoms with Gasteiger partial charge in [0.1, 0.15) is 5.82 Å². The molecular formula is C28H28FN5O4. The molecule has 1 atom stereocenters. The molecule has 1 aromatic heterocycles. The van der Waals surface area contributed by atoms with Crippen LogP contribution in [0.4, 0.5) is 10.3 Å². The highest BCUT2D eigenvalue weighted by atomic mass is 19.1. The van der Waals surface area contributed by atoms with Gasteiger partial charge >= 0.3 is 5.97 Å². The van der Waals surface area contributed by atoms with E-state index in [2.05, 4.69) is 25.9 Å². The molecule has 0 aliphatic heterocycles. The van der Waals surface area contributed by atoms with Crippen LogP contribution in [0.1, 0.15) is 30.9 Å². The fourth-order valence-electron chi connectivity index (χ4n) is 4.01. The summed E-state index contributed by atoms with van der Waals surface area (Å²) in [7, 11) is 0. The van der Waals surface area contributed by atoms with Crippen molar-refractivity contribution in [3.05, 3.63) is 84.2 Å². The van der Waals surface area contributed by atoms with Gasteiger partial charge in [-0.25, -0.2) is 9.37 Å². The number of anilines is 1. The lowest BCUT2D eigenvalue weighted by Crippen LogP contribution is -2.39. The quantitative estimate of drug-likeness (QED) is 0.180. The minimum Gasteiger partial charge on any atom is -0.481 e. The molecule has 9 nitrogen and oxygen atoms in total. The van der Waals surface area contributed by atoms with Gasteiger partial charge in [0.25, 0.3) is 0 Å². The monoisotopic (exact) mass is 517 g/mol. The second-order valence-electron chi connectivity index (χ2n) is 8.76. The van der Waals surface area contributed by atoms with Crippen molar-refractivity contribution < 1.29 is 23.9 Å². The van der Waals surface area contributed by atoms with Gasteiger partial charge in [0.2, 0.25) is 17.8 Å². The first-order chi connectivity index (χ1) is 18.4. The molecule has 38 heavy (non-hydrogen) atoms. The third-order valence-corrected chi connectivity index (χ3v) is 5.89. The summed E-state index contributed by atoms with van der Waals surface area (Å²) in [4.78, 5) is 43.6. The van der Waals surface area contributed by atoms with Crippen LogP contribution in [0.3, 0.4) is 0 Å². The van der Waals surface area contributed by atoms with Gasteiger partial charge in [0.05, 0.1) is 30.0 Å². The van der Waals surface area contributed by atoms with Crippen LogP contribution in [-0.2, 0) is 14.4 Å². The first-order valence-corrected chi connectivity index (χ1v) is 12.2. The molecule has 0 fully saturated rings. The minimum atomic E-state index is -1.08. The number of carboxylic acid groups (broad SMARTS) is 1. The van der Waals surface area contributed by atoms with Crippen molar-refractivity contribution in [1.29, 1.82) is 0 Å². The standard InChI is InChI=1S/C28H28FN5O4/c29-21-6-3-5-20(15-21)18-10-12-19(13-11-18)24(16-27(37)38)32-26(36)17-31-25(35)9-4-14-30-28-33-22-7-1-2-8-23(22)34-28/h1-3,5-8,10-13,15,24H,4,9,14,16-17H2,(H,31,35)(H,32,36)(H,37,38)(H2,30,33,34). The summed E-state index contributed by atoms with van der Waals surface area (Å²) in [6, 6.07) is 19.9. The van der Waals surface area contributed by atoms with Crippen molar-refractivity contribution in [3.63, 3.8) is 0 Å². The number of nitrogens with one attached hydrogen (secondary N) is 4. The smallest absolute Gasteiger partial charge is 0.305 e. The van der Waals surface area contributed by atoms with Gasteiger partial charge in [-0.15, -0.1) is 0 Å². The molecule has 1 unspecified atom stereocenters. The topological polar surface area (TPSA) is 136 Å². The van der Waals surface area contributed by atoms with E-state index in [1.807, 2.05) is 24.3 Å². The maximum atomic E-state index is 13.5. The number of aromatic amines is 1. The average Bonchev–Trinajstić information content (AvgIpc) is 3.32. The van der Waals surface area contributed by atoms with Gasteiger partial charge in [0, 0.05) is 13.0 Å². The summed E-state index contributed by atoms with van der Waals surface area (Å²) in [5.74, 6) is -1.60. The summed E-state index contributed by atoms with van der Waals surface area (Å²) in [6.07, 6.45) is 0.414. The summed E-state index contributed by atoms with van der Waals surface area (Å²) in [5, 5.41) is 17.7. The lowest BCUT2D eigenvalue weighted by Gasteiger charge is -2.18. The first-order valence-electron chi connectivity index (χ1n) is 12.2. The molecule has 0 saturated heterocycles. The van der Waals surface area contributed by atoms with E-state index in [4.69, 9.17) is 0 Å². The summed E-state index contributed by atoms with van der Waals surface area (Å²) in [6.45, 7) is 0.249. The fourth-order valence-corrected chi connectivity index (χ4v) is 4.01. The van der Waals surface area contributed by atoms with Gasteiger partial charge in [0.15, 0.2) is 0 Å². The second-order valence-corrected chi connectivity index (χ2v) is 8.76. The average molecular weight is 518 g/mol. The number of carbonyl (C=O) groups excluding carboxylic acids is 2. The molecule has 5 N–H and O–H groups in total. The number of nitrogens with zero attached hydrogens (tertiary/aromatic N) is 1. The van der Waals surface area contributed by atoms with E-state index in [1.165, 1.54) is 12.1 Å². The highest BCUT2D eigenvalue weighted by molar-refractivity contribution is 5.85. The number of hydrogen-bond acceptors (Lipinski definition) is 5. The molecule has 0 radical (unpaired) electrons. The molecule has 10 heteroatoms. The fraction of sp³-hybridized carbons (Fsp3) is 0.214. The van der Waals surface area contributed by atoms with Crippen molar-refractivity contribution in [2.75, 3.05) is 18.4 Å². The van der Waals surface area contributed by atoms with Gasteiger partial charge in [-0.2, -0.15) is 0 Å². The number of H-pyrrole nitrogens is 1. The van der Waals surface area contributed by atoms with E-state index in [0.29, 0.717) is 30.0 Å². The molecule has 0 saturated carbocycles. The number of halogens is 1. The van der Waals surface area contributed by atoms with Crippen LogP contribution in [0.25, 0.3) is 22.2 Å². The largest absolute Gasteiger partial charge is 0.481 e. The summed E-state index contributed by atoms with van der Waals surface area (Å²) < 4.78 is 13.5. The lowest BCUT2D eigenvalue weighted by atomic mass is 9.99. The Morgan fingerprint density at radius 3 is 2.47 bits per heavy atom. The number of carboxylic acids is 1. The Kier molecular flexibility index (Phi) is 8.65. The van der Waals surface area contributed by atoms with Crippen LogP contribution in [0.5, 0.6) is 0 Å². The van der Waals surface area contributed by atoms with Crippen LogP contribution in [0.15, 0.2) is 72.8 Å². The lowest BCUT2D eigenvalue weighted by molar-refractivity contribution is -0.138. The maximum absolute atomic E-state index is 13.5. The van der Waals surface area contributed by atoms with Crippen LogP contribution >= 0.6 is 0 Å². The van der Waals surface area contributed by atoms with Crippen LogP contribution < -0.4 is 16.0 Å². The zero-order chi connectivity index (χ0) is 26.9. The third-order valence-electron chi connectivity index (χ3n) is 5.89. The Bertz CT molecular complexity index is 1390. The number of aromatic nitrogens is 2. The molecule has 0 aliphatic carbocycles. The number of rotatable bonds is 12. The number of fused-ring (bicyclic) bond motifs is 1. The van der Waals surface area contributed by atoms with Crippen LogP contribution in [0, 0.1) is 5.82 Å². The molecule has 196 valence electrons. The van der Waals surface area contributed by atoms with Gasteiger partial charge in [-0.1, -0.05) is 48.5 Å². The normalized spacial score (nSPS) is 11.6. The van der Waals surface area contributed by atoms with Gasteiger partial charge < -0.3 is 26.0 Å². The predicted molar refractivity (Wildman–Crippen MR) is 142 cm³/mol. The molecule has 1 heterocycles. The Morgan fingerprint density at radius 1 is 0.947 bits per heavy atom. The molecule has 0 bridgehead atoms. The molecule has 2 amide bonds. The van der Waals surface area contributed by atoms with Crippen molar-refractivity contribution in [2.45, 2.75) is 25.3 Å². The molecule has 0 aliphatic rings. The number of carbonyl (C=O) groups is 3. The van der Waals surface area contributed by atoms with Crippen molar-refractivity contribution >= 4 is 34.8 Å². The van der Waals surface area contributed by atoms with E-state index in [-0.39, 0.29) is 31.1 Å². The van der Waals surface area contributed by atoms with Gasteiger partial charge in [-0.3, -0.25) is 14.4 Å². The zero-order valence-electron chi connectivity index (χ0n) is 20.5. The van der Waals surface area contributed by atoms with Crippen molar-refractivity contribution in [1.82, 2.24) is 20.6 Å². The third kappa shape index (κ3) is 7.39. The summed E-state index contributed by atoms with van der Waals surface area (Å²) >= 11 is 0. The zero-order valence-corrected chi connectivity index (χ0v) is 20.5. The van der Waals surface area contributed by atoms with Crippen molar-refractivity contribution in [2.24, 2.45) is 0 Å². The number of para-hydroxylation sites is 2. The van der Waals surface area contributed by atoms with E-state index < -0.39 is 17.9 Å². The van der Waals surface area contributed by atoms with E-state index in [1.54, 1.807) is 36.4 Å². The number of imidazole rings is 1. The number of aliphatic carboxylic acids is 1. The van der Waals surface area contributed by atoms with Crippen LogP contribution in [-0.4, -0.2) is 45.9 Å². The molecule has 3 aromatic carbocycles. The Balaban J connectivity index is 1.23. The first kappa shape index (κ1) is 26.3. The highest BCUT2D eigenvalue weighted by Gasteiger charge is 2.19. The van der Waals surface area contributed by atoms with E-state index in [0.717, 1.165) is 16.6 Å². The number of hydrogen-bond donors (Lipinski definition) is 5. The Morgan fingerprint density at radius 2 is 1.74 bits per heavy atom. The van der Waals surface area contributed by atoms with Crippen molar-refractivity contribution in [3.8, 4) is 11.1 Å². The molecule has 4 aromatic rings. The summed E-state index contributed by atoms with van der Waals surface area (Å²) in [5.41, 5.74) is 3.80. The van der Waals surface area contributed by atoms with E-state index in [9.17, 15) is 23.9 Å².